The quantitative estimate of drug-likeness (QED) is 0.834. The number of hydrogen-bond donors (Lipinski definition) is 2. The largest absolute Gasteiger partial charge is 0.438 e. The summed E-state index contributed by atoms with van der Waals surface area (Å²) in [4.78, 5) is 14.0. The Labute approximate surface area is 130 Å². The summed E-state index contributed by atoms with van der Waals surface area (Å²) in [6.45, 7) is 3.09. The summed E-state index contributed by atoms with van der Waals surface area (Å²) in [6, 6.07) is 2.47. The van der Waals surface area contributed by atoms with Crippen LogP contribution < -0.4 is 10.9 Å². The van der Waals surface area contributed by atoms with E-state index in [0.717, 1.165) is 12.8 Å². The zero-order valence-corrected chi connectivity index (χ0v) is 13.3. The van der Waals surface area contributed by atoms with E-state index in [1.54, 1.807) is 4.90 Å². The fourth-order valence-corrected chi connectivity index (χ4v) is 2.94. The molecule has 0 saturated carbocycles. The Balaban J connectivity index is 0.00000220. The summed E-state index contributed by atoms with van der Waals surface area (Å²) < 4.78 is 27.3. The first-order chi connectivity index (χ1) is 9.32. The topological polar surface area (TPSA) is 120 Å². The van der Waals surface area contributed by atoms with Gasteiger partial charge >= 0.3 is 0 Å². The van der Waals surface area contributed by atoms with Gasteiger partial charge in [0, 0.05) is 19.1 Å². The summed E-state index contributed by atoms with van der Waals surface area (Å²) >= 11 is 0. The van der Waals surface area contributed by atoms with E-state index in [4.69, 9.17) is 15.3 Å². The molecule has 2 heterocycles. The molecular weight excluding hydrogens is 318 g/mol. The van der Waals surface area contributed by atoms with Gasteiger partial charge in [-0.3, -0.25) is 4.79 Å². The molecular formula is C12H20ClN3O4S. The van der Waals surface area contributed by atoms with Crippen molar-refractivity contribution in [2.24, 2.45) is 16.8 Å². The van der Waals surface area contributed by atoms with Crippen molar-refractivity contribution in [2.75, 3.05) is 13.1 Å². The van der Waals surface area contributed by atoms with Crippen molar-refractivity contribution in [1.82, 2.24) is 4.90 Å². The number of hydrogen-bond acceptors (Lipinski definition) is 5. The highest BCUT2D eigenvalue weighted by Gasteiger charge is 2.31. The van der Waals surface area contributed by atoms with Gasteiger partial charge in [0.05, 0.1) is 0 Å². The molecule has 2 atom stereocenters. The standard InChI is InChI=1S/C12H19N3O4S.ClH/c1-8-4-5-15(9(6-8)7-13)12(16)10-2-3-11(19-10)20(14,17)18;/h2-3,8-9H,4-7,13H2,1H3,(H2,14,17,18);1H. The van der Waals surface area contributed by atoms with Crippen molar-refractivity contribution in [2.45, 2.75) is 30.9 Å². The van der Waals surface area contributed by atoms with E-state index in [9.17, 15) is 13.2 Å². The summed E-state index contributed by atoms with van der Waals surface area (Å²) in [5, 5.41) is 4.55. The Morgan fingerprint density at radius 3 is 2.67 bits per heavy atom. The van der Waals surface area contributed by atoms with Gasteiger partial charge < -0.3 is 15.1 Å². The van der Waals surface area contributed by atoms with Gasteiger partial charge in [-0.25, -0.2) is 13.6 Å². The minimum absolute atomic E-state index is 0. The molecule has 120 valence electrons. The third kappa shape index (κ3) is 3.97. The van der Waals surface area contributed by atoms with Crippen LogP contribution in [-0.4, -0.2) is 38.4 Å². The maximum Gasteiger partial charge on any atom is 0.289 e. The van der Waals surface area contributed by atoms with Gasteiger partial charge in [0.25, 0.3) is 15.9 Å². The molecule has 1 aromatic heterocycles. The van der Waals surface area contributed by atoms with Crippen LogP contribution in [0.4, 0.5) is 0 Å². The molecule has 9 heteroatoms. The maximum atomic E-state index is 12.4. The smallest absolute Gasteiger partial charge is 0.289 e. The third-order valence-electron chi connectivity index (χ3n) is 3.58. The van der Waals surface area contributed by atoms with E-state index >= 15 is 0 Å². The van der Waals surface area contributed by atoms with Gasteiger partial charge in [-0.2, -0.15) is 0 Å². The number of halogens is 1. The summed E-state index contributed by atoms with van der Waals surface area (Å²) in [5.41, 5.74) is 5.71. The van der Waals surface area contributed by atoms with Crippen LogP contribution >= 0.6 is 12.4 Å². The van der Waals surface area contributed by atoms with Crippen molar-refractivity contribution in [3.05, 3.63) is 17.9 Å². The van der Waals surface area contributed by atoms with E-state index in [1.807, 2.05) is 0 Å². The van der Waals surface area contributed by atoms with Crippen LogP contribution in [0.5, 0.6) is 0 Å². The highest BCUT2D eigenvalue weighted by Crippen LogP contribution is 2.24. The number of carbonyl (C=O) groups excluding carboxylic acids is 1. The molecule has 1 amide bonds. The lowest BCUT2D eigenvalue weighted by Gasteiger charge is -2.37. The zero-order valence-electron chi connectivity index (χ0n) is 11.7. The van der Waals surface area contributed by atoms with Crippen molar-refractivity contribution >= 4 is 28.3 Å². The van der Waals surface area contributed by atoms with Gasteiger partial charge in [-0.05, 0) is 30.9 Å². The fraction of sp³-hybridized carbons (Fsp3) is 0.583. The molecule has 0 radical (unpaired) electrons. The molecule has 4 N–H and O–H groups in total. The molecule has 0 spiro atoms. The first kappa shape index (κ1) is 18.0. The molecule has 1 aromatic rings. The Kier molecular flexibility index (Phi) is 5.80. The van der Waals surface area contributed by atoms with Crippen molar-refractivity contribution in [3.8, 4) is 0 Å². The van der Waals surface area contributed by atoms with Gasteiger partial charge in [0.1, 0.15) is 0 Å². The van der Waals surface area contributed by atoms with E-state index in [1.165, 1.54) is 12.1 Å². The fourth-order valence-electron chi connectivity index (χ4n) is 2.47. The number of primary sulfonamides is 1. The molecule has 1 aliphatic rings. The Bertz CT molecular complexity index is 601. The van der Waals surface area contributed by atoms with Gasteiger partial charge in [-0.15, -0.1) is 12.4 Å². The van der Waals surface area contributed by atoms with Gasteiger partial charge in [0.15, 0.2) is 5.76 Å². The molecule has 1 aliphatic heterocycles. The molecule has 0 aromatic carbocycles. The van der Waals surface area contributed by atoms with E-state index in [0.29, 0.717) is 19.0 Å². The maximum absolute atomic E-state index is 12.4. The van der Waals surface area contributed by atoms with E-state index in [-0.39, 0.29) is 30.1 Å². The monoisotopic (exact) mass is 337 g/mol. The summed E-state index contributed by atoms with van der Waals surface area (Å²) in [5.74, 6) is 0.147. The Morgan fingerprint density at radius 2 is 2.14 bits per heavy atom. The molecule has 1 saturated heterocycles. The zero-order chi connectivity index (χ0) is 14.9. The van der Waals surface area contributed by atoms with Crippen LogP contribution in [-0.2, 0) is 10.0 Å². The molecule has 7 nitrogen and oxygen atoms in total. The van der Waals surface area contributed by atoms with Crippen molar-refractivity contribution in [1.29, 1.82) is 0 Å². The normalized spacial score (nSPS) is 22.7. The summed E-state index contributed by atoms with van der Waals surface area (Å²) in [7, 11) is -3.94. The van der Waals surface area contributed by atoms with Crippen LogP contribution in [0, 0.1) is 5.92 Å². The first-order valence-electron chi connectivity index (χ1n) is 6.46. The van der Waals surface area contributed by atoms with Crippen LogP contribution in [0.3, 0.4) is 0 Å². The van der Waals surface area contributed by atoms with Crippen molar-refractivity contribution < 1.29 is 17.6 Å². The average molecular weight is 338 g/mol. The van der Waals surface area contributed by atoms with Gasteiger partial charge in [-0.1, -0.05) is 6.92 Å². The number of nitrogens with zero attached hydrogens (tertiary/aromatic N) is 1. The molecule has 0 bridgehead atoms. The lowest BCUT2D eigenvalue weighted by atomic mass is 9.92. The first-order valence-corrected chi connectivity index (χ1v) is 8.01. The number of piperidine rings is 1. The van der Waals surface area contributed by atoms with Crippen molar-refractivity contribution in [3.63, 3.8) is 0 Å². The number of carbonyl (C=O) groups is 1. The number of rotatable bonds is 3. The minimum Gasteiger partial charge on any atom is -0.438 e. The second kappa shape index (κ2) is 6.78. The third-order valence-corrected chi connectivity index (χ3v) is 4.36. The van der Waals surface area contributed by atoms with E-state index in [2.05, 4.69) is 6.92 Å². The highest BCUT2D eigenvalue weighted by atomic mass is 35.5. The van der Waals surface area contributed by atoms with Crippen LogP contribution in [0.1, 0.15) is 30.3 Å². The minimum atomic E-state index is -3.94. The number of sulfonamides is 1. The molecule has 2 unspecified atom stereocenters. The summed E-state index contributed by atoms with van der Waals surface area (Å²) in [6.07, 6.45) is 1.73. The number of amides is 1. The SMILES string of the molecule is CC1CCN(C(=O)c2ccc(S(N)(=O)=O)o2)C(CN)C1.Cl. The lowest BCUT2D eigenvalue weighted by Crippen LogP contribution is -2.49. The second-order valence-corrected chi connectivity index (χ2v) is 6.67. The number of nitrogens with two attached hydrogens (primary N) is 2. The molecule has 21 heavy (non-hydrogen) atoms. The Morgan fingerprint density at radius 1 is 1.48 bits per heavy atom. The van der Waals surface area contributed by atoms with Crippen LogP contribution in [0.25, 0.3) is 0 Å². The molecule has 2 rings (SSSR count). The number of likely N-dealkylation sites (tertiary alicyclic amines) is 1. The Hall–Kier alpha value is -1.09. The van der Waals surface area contributed by atoms with Crippen LogP contribution in [0.15, 0.2) is 21.6 Å². The molecule has 0 aliphatic carbocycles. The lowest BCUT2D eigenvalue weighted by molar-refractivity contribution is 0.0536. The van der Waals surface area contributed by atoms with E-state index < -0.39 is 15.1 Å². The molecule has 1 fully saturated rings. The number of furan rings is 1. The average Bonchev–Trinajstić information content (AvgIpc) is 2.87. The highest BCUT2D eigenvalue weighted by molar-refractivity contribution is 7.89. The predicted molar refractivity (Wildman–Crippen MR) is 79.6 cm³/mol. The van der Waals surface area contributed by atoms with Crippen LogP contribution in [0.2, 0.25) is 0 Å². The predicted octanol–water partition coefficient (Wildman–Crippen LogP) is 0.548. The van der Waals surface area contributed by atoms with Gasteiger partial charge in [0.2, 0.25) is 5.09 Å². The second-order valence-electron chi connectivity index (χ2n) is 5.18.